The molecule has 0 aliphatic rings. The molecule has 2 rings (SSSR count). The van der Waals surface area contributed by atoms with Gasteiger partial charge in [-0.2, -0.15) is 0 Å². The lowest BCUT2D eigenvalue weighted by Crippen LogP contribution is -2.19. The van der Waals surface area contributed by atoms with E-state index in [4.69, 9.17) is 5.73 Å². The van der Waals surface area contributed by atoms with Crippen LogP contribution in [0.25, 0.3) is 0 Å². The molecule has 0 aliphatic heterocycles. The molecule has 0 spiro atoms. The number of amides is 1. The van der Waals surface area contributed by atoms with Gasteiger partial charge >= 0.3 is 0 Å². The standard InChI is InChI=1S/C16H17BrN2O/c1-10-8-14(6-7-15(10)17)19-16(20)11(2)12-4-3-5-13(18)9-12/h3-9,11H,18H2,1-2H3,(H,19,20). The molecule has 0 saturated heterocycles. The summed E-state index contributed by atoms with van der Waals surface area (Å²) >= 11 is 3.44. The van der Waals surface area contributed by atoms with Crippen molar-refractivity contribution in [1.82, 2.24) is 0 Å². The van der Waals surface area contributed by atoms with Crippen LogP contribution in [0.5, 0.6) is 0 Å². The van der Waals surface area contributed by atoms with E-state index in [-0.39, 0.29) is 11.8 Å². The molecule has 0 aliphatic carbocycles. The van der Waals surface area contributed by atoms with Crippen molar-refractivity contribution in [3.63, 3.8) is 0 Å². The molecule has 20 heavy (non-hydrogen) atoms. The molecule has 0 saturated carbocycles. The van der Waals surface area contributed by atoms with Gasteiger partial charge in [0.1, 0.15) is 0 Å². The topological polar surface area (TPSA) is 55.1 Å². The Kier molecular flexibility index (Phi) is 4.45. The molecule has 0 fully saturated rings. The van der Waals surface area contributed by atoms with Crippen LogP contribution in [0.1, 0.15) is 24.0 Å². The molecule has 3 N–H and O–H groups in total. The van der Waals surface area contributed by atoms with Crippen LogP contribution < -0.4 is 11.1 Å². The molecule has 0 bridgehead atoms. The third-order valence-electron chi connectivity index (χ3n) is 3.23. The molecular formula is C16H17BrN2O. The first-order valence-electron chi connectivity index (χ1n) is 6.40. The number of anilines is 2. The Bertz CT molecular complexity index is 640. The molecule has 104 valence electrons. The van der Waals surface area contributed by atoms with E-state index in [1.54, 1.807) is 0 Å². The second kappa shape index (κ2) is 6.09. The Morgan fingerprint density at radius 2 is 2.00 bits per heavy atom. The first-order chi connectivity index (χ1) is 9.47. The Morgan fingerprint density at radius 1 is 1.25 bits per heavy atom. The van der Waals surface area contributed by atoms with Crippen LogP contribution in [-0.2, 0) is 4.79 Å². The van der Waals surface area contributed by atoms with E-state index in [0.29, 0.717) is 5.69 Å². The van der Waals surface area contributed by atoms with Gasteiger partial charge in [-0.1, -0.05) is 28.1 Å². The molecule has 4 heteroatoms. The first kappa shape index (κ1) is 14.6. The van der Waals surface area contributed by atoms with Crippen molar-refractivity contribution < 1.29 is 4.79 Å². The highest BCUT2D eigenvalue weighted by Crippen LogP contribution is 2.23. The Morgan fingerprint density at radius 3 is 2.65 bits per heavy atom. The van der Waals surface area contributed by atoms with E-state index in [0.717, 1.165) is 21.3 Å². The van der Waals surface area contributed by atoms with E-state index in [2.05, 4.69) is 21.2 Å². The number of benzene rings is 2. The van der Waals surface area contributed by atoms with Crippen molar-refractivity contribution in [2.45, 2.75) is 19.8 Å². The number of rotatable bonds is 3. The third kappa shape index (κ3) is 3.39. The summed E-state index contributed by atoms with van der Waals surface area (Å²) in [7, 11) is 0. The smallest absolute Gasteiger partial charge is 0.231 e. The molecule has 1 amide bonds. The minimum absolute atomic E-state index is 0.0441. The van der Waals surface area contributed by atoms with E-state index in [9.17, 15) is 4.79 Å². The fraction of sp³-hybridized carbons (Fsp3) is 0.188. The van der Waals surface area contributed by atoms with Crippen LogP contribution in [-0.4, -0.2) is 5.91 Å². The minimum atomic E-state index is -0.248. The van der Waals surface area contributed by atoms with Gasteiger partial charge in [0, 0.05) is 15.8 Å². The van der Waals surface area contributed by atoms with Gasteiger partial charge in [-0.05, 0) is 55.3 Å². The zero-order valence-electron chi connectivity index (χ0n) is 11.5. The first-order valence-corrected chi connectivity index (χ1v) is 7.19. The molecule has 0 aromatic heterocycles. The number of carbonyl (C=O) groups excluding carboxylic acids is 1. The number of aryl methyl sites for hydroxylation is 1. The number of halogens is 1. The van der Waals surface area contributed by atoms with Crippen molar-refractivity contribution >= 4 is 33.2 Å². The second-order valence-electron chi connectivity index (χ2n) is 4.85. The average molecular weight is 333 g/mol. The monoisotopic (exact) mass is 332 g/mol. The number of nitrogens with one attached hydrogen (secondary N) is 1. The lowest BCUT2D eigenvalue weighted by molar-refractivity contribution is -0.117. The fourth-order valence-corrected chi connectivity index (χ4v) is 2.20. The predicted octanol–water partition coefficient (Wildman–Crippen LogP) is 4.08. The van der Waals surface area contributed by atoms with Crippen LogP contribution in [0.2, 0.25) is 0 Å². The SMILES string of the molecule is Cc1cc(NC(=O)C(C)c2cccc(N)c2)ccc1Br. The van der Waals surface area contributed by atoms with E-state index in [1.807, 2.05) is 56.3 Å². The molecule has 1 unspecified atom stereocenters. The summed E-state index contributed by atoms with van der Waals surface area (Å²) in [4.78, 5) is 12.3. The van der Waals surface area contributed by atoms with Crippen molar-refractivity contribution in [2.24, 2.45) is 0 Å². The zero-order chi connectivity index (χ0) is 14.7. The van der Waals surface area contributed by atoms with Gasteiger partial charge in [-0.15, -0.1) is 0 Å². The van der Waals surface area contributed by atoms with Crippen LogP contribution in [0.15, 0.2) is 46.9 Å². The van der Waals surface area contributed by atoms with Gasteiger partial charge in [-0.25, -0.2) is 0 Å². The highest BCUT2D eigenvalue weighted by molar-refractivity contribution is 9.10. The lowest BCUT2D eigenvalue weighted by Gasteiger charge is -2.13. The number of hydrogen-bond acceptors (Lipinski definition) is 2. The number of hydrogen-bond donors (Lipinski definition) is 2. The highest BCUT2D eigenvalue weighted by Gasteiger charge is 2.15. The van der Waals surface area contributed by atoms with Gasteiger partial charge in [0.15, 0.2) is 0 Å². The molecule has 3 nitrogen and oxygen atoms in total. The molecule has 2 aromatic carbocycles. The molecule has 0 radical (unpaired) electrons. The Hall–Kier alpha value is -1.81. The Balaban J connectivity index is 2.13. The number of nitrogen functional groups attached to an aromatic ring is 1. The van der Waals surface area contributed by atoms with E-state index < -0.39 is 0 Å². The second-order valence-corrected chi connectivity index (χ2v) is 5.70. The summed E-state index contributed by atoms with van der Waals surface area (Å²) in [6.07, 6.45) is 0. The van der Waals surface area contributed by atoms with Crippen molar-refractivity contribution in [1.29, 1.82) is 0 Å². The Labute approximate surface area is 127 Å². The van der Waals surface area contributed by atoms with Gasteiger partial charge in [0.2, 0.25) is 5.91 Å². The largest absolute Gasteiger partial charge is 0.399 e. The molecule has 2 aromatic rings. The summed E-state index contributed by atoms with van der Waals surface area (Å²) in [6.45, 7) is 3.86. The highest BCUT2D eigenvalue weighted by atomic mass is 79.9. The molecular weight excluding hydrogens is 316 g/mol. The summed E-state index contributed by atoms with van der Waals surface area (Å²) in [5, 5.41) is 2.93. The van der Waals surface area contributed by atoms with Gasteiger partial charge in [0.25, 0.3) is 0 Å². The van der Waals surface area contributed by atoms with Crippen LogP contribution >= 0.6 is 15.9 Å². The van der Waals surface area contributed by atoms with Gasteiger partial charge < -0.3 is 11.1 Å². The summed E-state index contributed by atoms with van der Waals surface area (Å²) in [5.41, 5.74) is 9.21. The molecule has 0 heterocycles. The van der Waals surface area contributed by atoms with Crippen LogP contribution in [0, 0.1) is 6.92 Å². The zero-order valence-corrected chi connectivity index (χ0v) is 13.1. The van der Waals surface area contributed by atoms with Gasteiger partial charge in [-0.3, -0.25) is 4.79 Å². The third-order valence-corrected chi connectivity index (χ3v) is 4.12. The van der Waals surface area contributed by atoms with Crippen LogP contribution in [0.4, 0.5) is 11.4 Å². The predicted molar refractivity (Wildman–Crippen MR) is 86.8 cm³/mol. The number of nitrogens with two attached hydrogens (primary N) is 1. The summed E-state index contributed by atoms with van der Waals surface area (Å²) in [5.74, 6) is -0.292. The number of carbonyl (C=O) groups is 1. The normalized spacial score (nSPS) is 11.9. The van der Waals surface area contributed by atoms with Crippen molar-refractivity contribution in [3.05, 3.63) is 58.1 Å². The fourth-order valence-electron chi connectivity index (χ4n) is 1.95. The van der Waals surface area contributed by atoms with Crippen LogP contribution in [0.3, 0.4) is 0 Å². The van der Waals surface area contributed by atoms with Crippen molar-refractivity contribution in [2.75, 3.05) is 11.1 Å². The maximum Gasteiger partial charge on any atom is 0.231 e. The van der Waals surface area contributed by atoms with Crippen molar-refractivity contribution in [3.8, 4) is 0 Å². The quantitative estimate of drug-likeness (QED) is 0.832. The lowest BCUT2D eigenvalue weighted by atomic mass is 9.99. The summed E-state index contributed by atoms with van der Waals surface area (Å²) in [6, 6.07) is 13.2. The van der Waals surface area contributed by atoms with E-state index in [1.165, 1.54) is 0 Å². The maximum absolute atomic E-state index is 12.3. The maximum atomic E-state index is 12.3. The minimum Gasteiger partial charge on any atom is -0.399 e. The summed E-state index contributed by atoms with van der Waals surface area (Å²) < 4.78 is 1.03. The van der Waals surface area contributed by atoms with Gasteiger partial charge in [0.05, 0.1) is 5.92 Å². The molecule has 1 atom stereocenters. The average Bonchev–Trinajstić information content (AvgIpc) is 2.42. The van der Waals surface area contributed by atoms with E-state index >= 15 is 0 Å².